The van der Waals surface area contributed by atoms with Crippen molar-refractivity contribution in [3.8, 4) is 0 Å². The molecule has 2 rings (SSSR count). The predicted octanol–water partition coefficient (Wildman–Crippen LogP) is 2.48. The largest absolute Gasteiger partial charge is 0.451 e. The van der Waals surface area contributed by atoms with Crippen LogP contribution < -0.4 is 5.43 Å². The van der Waals surface area contributed by atoms with Gasteiger partial charge in [-0.2, -0.15) is 0 Å². The average molecular weight is 237 g/mol. The molecule has 0 bridgehead atoms. The fraction of sp³-hybridized carbons (Fsp3) is 0.182. The molecule has 5 nitrogen and oxygen atoms in total. The Morgan fingerprint density at radius 3 is 2.71 bits per heavy atom. The summed E-state index contributed by atoms with van der Waals surface area (Å²) in [7, 11) is 0. The van der Waals surface area contributed by atoms with Crippen LogP contribution in [0.2, 0.25) is 0 Å². The molecule has 0 spiro atoms. The van der Waals surface area contributed by atoms with E-state index in [9.17, 15) is 19.3 Å². The van der Waals surface area contributed by atoms with Crippen molar-refractivity contribution in [3.05, 3.63) is 49.9 Å². The van der Waals surface area contributed by atoms with E-state index in [1.54, 1.807) is 6.92 Å². The highest BCUT2D eigenvalue weighted by Gasteiger charge is 2.18. The first-order chi connectivity index (χ1) is 8.02. The molecular weight excluding hydrogens is 229 g/mol. The van der Waals surface area contributed by atoms with Gasteiger partial charge in [-0.15, -0.1) is 0 Å². The molecule has 1 heterocycles. The number of hydrogen-bond acceptors (Lipinski definition) is 4. The van der Waals surface area contributed by atoms with Crippen molar-refractivity contribution in [2.45, 2.75) is 13.6 Å². The Morgan fingerprint density at radius 1 is 1.41 bits per heavy atom. The van der Waals surface area contributed by atoms with E-state index in [2.05, 4.69) is 0 Å². The molecular formula is C11H8FNO4. The molecule has 0 amide bonds. The fourth-order valence-electron chi connectivity index (χ4n) is 1.63. The van der Waals surface area contributed by atoms with Crippen molar-refractivity contribution in [2.24, 2.45) is 0 Å². The van der Waals surface area contributed by atoms with Crippen LogP contribution in [0.15, 0.2) is 27.4 Å². The van der Waals surface area contributed by atoms with E-state index in [4.69, 9.17) is 4.42 Å². The minimum absolute atomic E-state index is 0.0916. The summed E-state index contributed by atoms with van der Waals surface area (Å²) in [5.74, 6) is -0.213. The van der Waals surface area contributed by atoms with Gasteiger partial charge in [0.05, 0.1) is 10.3 Å². The van der Waals surface area contributed by atoms with Crippen LogP contribution in [0.25, 0.3) is 11.0 Å². The van der Waals surface area contributed by atoms with Gasteiger partial charge in [0.15, 0.2) is 5.43 Å². The lowest BCUT2D eigenvalue weighted by Gasteiger charge is -2.02. The minimum Gasteiger partial charge on any atom is -0.451 e. The third-order valence-electron chi connectivity index (χ3n) is 2.33. The summed E-state index contributed by atoms with van der Waals surface area (Å²) >= 11 is 0. The van der Waals surface area contributed by atoms with Crippen molar-refractivity contribution in [2.75, 3.05) is 0 Å². The Balaban J connectivity index is 2.95. The fourth-order valence-corrected chi connectivity index (χ4v) is 1.63. The maximum absolute atomic E-state index is 12.4. The van der Waals surface area contributed by atoms with Gasteiger partial charge in [0.1, 0.15) is 12.4 Å². The topological polar surface area (TPSA) is 73.3 Å². The van der Waals surface area contributed by atoms with Crippen molar-refractivity contribution < 1.29 is 13.7 Å². The lowest BCUT2D eigenvalue weighted by molar-refractivity contribution is -0.383. The molecule has 0 aliphatic carbocycles. The smallest absolute Gasteiger partial charge is 0.312 e. The zero-order valence-electron chi connectivity index (χ0n) is 8.90. The summed E-state index contributed by atoms with van der Waals surface area (Å²) in [6.07, 6.45) is 0. The van der Waals surface area contributed by atoms with Crippen LogP contribution in [-0.4, -0.2) is 4.92 Å². The van der Waals surface area contributed by atoms with Crippen LogP contribution in [0.1, 0.15) is 11.3 Å². The van der Waals surface area contributed by atoms with Gasteiger partial charge in [-0.3, -0.25) is 14.9 Å². The van der Waals surface area contributed by atoms with Crippen LogP contribution in [0.5, 0.6) is 0 Å². The number of fused-ring (bicyclic) bond motifs is 1. The Labute approximate surface area is 94.6 Å². The number of halogens is 1. The lowest BCUT2D eigenvalue weighted by Crippen LogP contribution is -2.03. The standard InChI is InChI=1S/C11H8FNO4/c1-6-2-8-10(14)4-7(5-12)17-11(8)9(3-6)13(15)16/h2-4H,5H2,1H3. The molecule has 0 unspecified atom stereocenters. The van der Waals surface area contributed by atoms with Crippen molar-refractivity contribution in [1.82, 2.24) is 0 Å². The zero-order chi connectivity index (χ0) is 12.6. The molecule has 1 aromatic carbocycles. The maximum Gasteiger partial charge on any atom is 0.312 e. The highest BCUT2D eigenvalue weighted by atomic mass is 19.1. The Kier molecular flexibility index (Phi) is 2.63. The van der Waals surface area contributed by atoms with E-state index >= 15 is 0 Å². The number of nitrogens with zero attached hydrogens (tertiary/aromatic N) is 1. The van der Waals surface area contributed by atoms with Crippen LogP contribution in [-0.2, 0) is 6.67 Å². The quantitative estimate of drug-likeness (QED) is 0.594. The van der Waals surface area contributed by atoms with Crippen LogP contribution in [0.4, 0.5) is 10.1 Å². The normalized spacial score (nSPS) is 10.7. The monoisotopic (exact) mass is 237 g/mol. The number of nitro benzene ring substituents is 1. The number of non-ortho nitro benzene ring substituents is 1. The first-order valence-corrected chi connectivity index (χ1v) is 4.80. The molecule has 6 heteroatoms. The highest BCUT2D eigenvalue weighted by molar-refractivity contribution is 5.85. The third-order valence-corrected chi connectivity index (χ3v) is 2.33. The van der Waals surface area contributed by atoms with Gasteiger partial charge in [-0.25, -0.2) is 4.39 Å². The Bertz CT molecular complexity index is 662. The van der Waals surface area contributed by atoms with E-state index in [-0.39, 0.29) is 22.4 Å². The lowest BCUT2D eigenvalue weighted by atomic mass is 10.1. The first kappa shape index (κ1) is 11.3. The number of benzene rings is 1. The zero-order valence-corrected chi connectivity index (χ0v) is 8.90. The number of aryl methyl sites for hydroxylation is 1. The van der Waals surface area contributed by atoms with Crippen molar-refractivity contribution in [1.29, 1.82) is 0 Å². The average Bonchev–Trinajstić information content (AvgIpc) is 2.28. The van der Waals surface area contributed by atoms with Crippen LogP contribution >= 0.6 is 0 Å². The SMILES string of the molecule is Cc1cc([N+](=O)[O-])c2oc(CF)cc(=O)c2c1. The molecule has 0 radical (unpaired) electrons. The van der Waals surface area contributed by atoms with Gasteiger partial charge in [-0.05, 0) is 18.6 Å². The minimum atomic E-state index is -0.976. The summed E-state index contributed by atoms with van der Waals surface area (Å²) in [4.78, 5) is 21.8. The molecule has 0 fully saturated rings. The first-order valence-electron chi connectivity index (χ1n) is 4.80. The molecule has 2 aromatic rings. The van der Waals surface area contributed by atoms with Crippen molar-refractivity contribution >= 4 is 16.7 Å². The van der Waals surface area contributed by atoms with Crippen LogP contribution in [0.3, 0.4) is 0 Å². The van der Waals surface area contributed by atoms with Gasteiger partial charge in [0.25, 0.3) is 0 Å². The van der Waals surface area contributed by atoms with E-state index < -0.39 is 17.0 Å². The molecule has 0 saturated carbocycles. The molecule has 0 N–H and O–H groups in total. The van der Waals surface area contributed by atoms with Gasteiger partial charge < -0.3 is 4.42 Å². The van der Waals surface area contributed by atoms with Gasteiger partial charge in [-0.1, -0.05) is 0 Å². The van der Waals surface area contributed by atoms with Gasteiger partial charge >= 0.3 is 5.69 Å². The van der Waals surface area contributed by atoms with Crippen molar-refractivity contribution in [3.63, 3.8) is 0 Å². The molecule has 0 atom stereocenters. The third kappa shape index (κ3) is 1.89. The Hall–Kier alpha value is -2.24. The molecule has 0 aliphatic rings. The predicted molar refractivity (Wildman–Crippen MR) is 58.7 cm³/mol. The van der Waals surface area contributed by atoms with E-state index in [1.165, 1.54) is 12.1 Å². The number of nitro groups is 1. The van der Waals surface area contributed by atoms with Gasteiger partial charge in [0.2, 0.25) is 5.58 Å². The summed E-state index contributed by atoms with van der Waals surface area (Å²) in [5, 5.41) is 10.9. The second-order valence-corrected chi connectivity index (χ2v) is 3.63. The van der Waals surface area contributed by atoms with Crippen LogP contribution in [0, 0.1) is 17.0 Å². The second kappa shape index (κ2) is 3.97. The molecule has 17 heavy (non-hydrogen) atoms. The number of rotatable bonds is 2. The highest BCUT2D eigenvalue weighted by Crippen LogP contribution is 2.26. The molecule has 1 aromatic heterocycles. The van der Waals surface area contributed by atoms with E-state index in [1.807, 2.05) is 0 Å². The molecule has 88 valence electrons. The maximum atomic E-state index is 12.4. The van der Waals surface area contributed by atoms with E-state index in [0.29, 0.717) is 5.56 Å². The summed E-state index contributed by atoms with van der Waals surface area (Å²) in [6.45, 7) is 0.658. The molecule has 0 aliphatic heterocycles. The summed E-state index contributed by atoms with van der Waals surface area (Å²) < 4.78 is 17.5. The number of hydrogen-bond donors (Lipinski definition) is 0. The second-order valence-electron chi connectivity index (χ2n) is 3.63. The van der Waals surface area contributed by atoms with Gasteiger partial charge in [0, 0.05) is 12.1 Å². The van der Waals surface area contributed by atoms with E-state index in [0.717, 1.165) is 6.07 Å². The summed E-state index contributed by atoms with van der Waals surface area (Å²) in [5.41, 5.74) is -0.414. The summed E-state index contributed by atoms with van der Waals surface area (Å²) in [6, 6.07) is 3.77. The number of alkyl halides is 1. The Morgan fingerprint density at radius 2 is 2.12 bits per heavy atom. The molecule has 0 saturated heterocycles.